The van der Waals surface area contributed by atoms with Crippen LogP contribution in [0, 0.1) is 11.3 Å². The van der Waals surface area contributed by atoms with E-state index in [1.807, 2.05) is 6.66 Å². The van der Waals surface area contributed by atoms with Gasteiger partial charge < -0.3 is 9.05 Å². The van der Waals surface area contributed by atoms with Gasteiger partial charge in [-0.2, -0.15) is 0 Å². The van der Waals surface area contributed by atoms with Gasteiger partial charge in [-0.3, -0.25) is 0 Å². The van der Waals surface area contributed by atoms with Gasteiger partial charge in [0.05, 0.1) is 13.2 Å². The molecule has 0 unspecified atom stereocenters. The fourth-order valence-electron chi connectivity index (χ4n) is 0.889. The molecule has 1 aliphatic heterocycles. The first kappa shape index (κ1) is 9.44. The minimum atomic E-state index is -0.575. The van der Waals surface area contributed by atoms with Crippen molar-refractivity contribution < 1.29 is 9.05 Å². The molecule has 0 aliphatic carbocycles. The summed E-state index contributed by atoms with van der Waals surface area (Å²) in [6.07, 6.45) is 0. The third-order valence-electron chi connectivity index (χ3n) is 2.55. The van der Waals surface area contributed by atoms with Gasteiger partial charge in [0.2, 0.25) is 0 Å². The number of rotatable bonds is 1. The molecule has 0 N–H and O–H groups in total. The highest BCUT2D eigenvalue weighted by Crippen LogP contribution is 2.45. The second-order valence-corrected chi connectivity index (χ2v) is 5.19. The van der Waals surface area contributed by atoms with Gasteiger partial charge in [-0.25, -0.2) is 0 Å². The Labute approximate surface area is 70.2 Å². The van der Waals surface area contributed by atoms with E-state index in [2.05, 4.69) is 20.8 Å². The summed E-state index contributed by atoms with van der Waals surface area (Å²) < 4.78 is 11.0. The van der Waals surface area contributed by atoms with E-state index in [0.717, 1.165) is 13.2 Å². The van der Waals surface area contributed by atoms with Crippen molar-refractivity contribution in [1.29, 1.82) is 0 Å². The Morgan fingerprint density at radius 3 is 2.09 bits per heavy atom. The Balaban J connectivity index is 2.48. The van der Waals surface area contributed by atoms with Crippen molar-refractivity contribution in [3.8, 4) is 0 Å². The van der Waals surface area contributed by atoms with Crippen molar-refractivity contribution in [2.75, 3.05) is 19.9 Å². The summed E-state index contributed by atoms with van der Waals surface area (Å²) in [5, 5.41) is 0. The van der Waals surface area contributed by atoms with E-state index < -0.39 is 8.38 Å². The van der Waals surface area contributed by atoms with Gasteiger partial charge in [0.25, 0.3) is 0 Å². The van der Waals surface area contributed by atoms with Crippen LogP contribution >= 0.6 is 8.38 Å². The second kappa shape index (κ2) is 3.38. The molecule has 11 heavy (non-hydrogen) atoms. The van der Waals surface area contributed by atoms with Gasteiger partial charge in [-0.05, 0) is 5.92 Å². The highest BCUT2D eigenvalue weighted by Gasteiger charge is 2.34. The molecule has 0 aromatic rings. The SMILES string of the molecule is CC(C)C1(C)COP(C)OC1. The molecule has 0 amide bonds. The van der Waals surface area contributed by atoms with Crippen LogP contribution in [-0.4, -0.2) is 19.9 Å². The maximum atomic E-state index is 5.50. The molecule has 66 valence electrons. The van der Waals surface area contributed by atoms with Crippen LogP contribution < -0.4 is 0 Å². The Hall–Kier alpha value is 0.350. The van der Waals surface area contributed by atoms with Crippen LogP contribution in [0.2, 0.25) is 0 Å². The van der Waals surface area contributed by atoms with E-state index in [1.54, 1.807) is 0 Å². The van der Waals surface area contributed by atoms with Crippen molar-refractivity contribution in [2.45, 2.75) is 20.8 Å². The van der Waals surface area contributed by atoms with Crippen LogP contribution in [0.15, 0.2) is 0 Å². The van der Waals surface area contributed by atoms with Crippen molar-refractivity contribution in [1.82, 2.24) is 0 Å². The molecule has 0 bridgehead atoms. The Morgan fingerprint density at radius 2 is 1.73 bits per heavy atom. The monoisotopic (exact) mass is 176 g/mol. The second-order valence-electron chi connectivity index (χ2n) is 3.80. The first-order chi connectivity index (χ1) is 5.04. The lowest BCUT2D eigenvalue weighted by Gasteiger charge is -2.38. The molecule has 0 radical (unpaired) electrons. The fraction of sp³-hybridized carbons (Fsp3) is 1.00. The lowest BCUT2D eigenvalue weighted by Crippen LogP contribution is -2.36. The average Bonchev–Trinajstić information content (AvgIpc) is 1.95. The topological polar surface area (TPSA) is 18.5 Å². The van der Waals surface area contributed by atoms with Crippen molar-refractivity contribution in [3.63, 3.8) is 0 Å². The van der Waals surface area contributed by atoms with Crippen LogP contribution in [0.4, 0.5) is 0 Å². The highest BCUT2D eigenvalue weighted by molar-refractivity contribution is 7.46. The molecule has 0 spiro atoms. The third kappa shape index (κ3) is 2.14. The van der Waals surface area contributed by atoms with E-state index in [1.165, 1.54) is 0 Å². The first-order valence-electron chi connectivity index (χ1n) is 4.04. The number of hydrogen-bond acceptors (Lipinski definition) is 2. The molecule has 1 heterocycles. The summed E-state index contributed by atoms with van der Waals surface area (Å²) in [7, 11) is -0.575. The van der Waals surface area contributed by atoms with Gasteiger partial charge in [0, 0.05) is 12.1 Å². The van der Waals surface area contributed by atoms with Crippen LogP contribution in [0.3, 0.4) is 0 Å². The molecule has 1 aliphatic rings. The molecule has 0 saturated carbocycles. The molecule has 0 atom stereocenters. The van der Waals surface area contributed by atoms with Crippen molar-refractivity contribution in [2.24, 2.45) is 11.3 Å². The molecule has 1 rings (SSSR count). The van der Waals surface area contributed by atoms with Crippen molar-refractivity contribution >= 4 is 8.38 Å². The molecule has 0 aromatic heterocycles. The van der Waals surface area contributed by atoms with E-state index in [4.69, 9.17) is 9.05 Å². The highest BCUT2D eigenvalue weighted by atomic mass is 31.2. The molecular formula is C8H17O2P. The average molecular weight is 176 g/mol. The normalized spacial score (nSPS) is 39.5. The summed E-state index contributed by atoms with van der Waals surface area (Å²) in [6.45, 7) is 10.4. The molecule has 0 aromatic carbocycles. The molecule has 3 heteroatoms. The van der Waals surface area contributed by atoms with Gasteiger partial charge in [-0.15, -0.1) is 0 Å². The third-order valence-corrected chi connectivity index (χ3v) is 3.53. The molecular weight excluding hydrogens is 159 g/mol. The smallest absolute Gasteiger partial charge is 0.167 e. The summed E-state index contributed by atoms with van der Waals surface area (Å²) in [5.74, 6) is 0.631. The molecule has 2 nitrogen and oxygen atoms in total. The lowest BCUT2D eigenvalue weighted by molar-refractivity contribution is 0.0156. The minimum Gasteiger partial charge on any atom is -0.334 e. The van der Waals surface area contributed by atoms with Crippen LogP contribution in [0.5, 0.6) is 0 Å². The van der Waals surface area contributed by atoms with Crippen LogP contribution in [0.25, 0.3) is 0 Å². The Bertz CT molecular complexity index is 128. The maximum Gasteiger partial charge on any atom is 0.167 e. The molecule has 1 fully saturated rings. The summed E-state index contributed by atoms with van der Waals surface area (Å²) in [6, 6.07) is 0. The van der Waals surface area contributed by atoms with E-state index in [-0.39, 0.29) is 5.41 Å². The first-order valence-corrected chi connectivity index (χ1v) is 5.66. The lowest BCUT2D eigenvalue weighted by atomic mass is 9.81. The molecule has 1 saturated heterocycles. The van der Waals surface area contributed by atoms with Crippen LogP contribution in [-0.2, 0) is 9.05 Å². The quantitative estimate of drug-likeness (QED) is 0.572. The Kier molecular flexibility index (Phi) is 2.90. The number of hydrogen-bond donors (Lipinski definition) is 0. The Morgan fingerprint density at radius 1 is 1.27 bits per heavy atom. The zero-order valence-corrected chi connectivity index (χ0v) is 8.65. The van der Waals surface area contributed by atoms with E-state index in [9.17, 15) is 0 Å². The van der Waals surface area contributed by atoms with Gasteiger partial charge >= 0.3 is 0 Å². The fourth-order valence-corrected chi connectivity index (χ4v) is 1.92. The zero-order valence-electron chi connectivity index (χ0n) is 7.76. The minimum absolute atomic E-state index is 0.231. The predicted octanol–water partition coefficient (Wildman–Crippen LogP) is 2.64. The summed E-state index contributed by atoms with van der Waals surface area (Å²) in [5.41, 5.74) is 0.231. The maximum absolute atomic E-state index is 5.50. The zero-order chi connectivity index (χ0) is 8.48. The van der Waals surface area contributed by atoms with Crippen molar-refractivity contribution in [3.05, 3.63) is 0 Å². The van der Waals surface area contributed by atoms with E-state index in [0.29, 0.717) is 5.92 Å². The standard InChI is InChI=1S/C8H17O2P/c1-7(2)8(3)5-9-11(4)10-6-8/h7H,5-6H2,1-4H3. The van der Waals surface area contributed by atoms with Gasteiger partial charge in [-0.1, -0.05) is 20.8 Å². The van der Waals surface area contributed by atoms with Gasteiger partial charge in [0.1, 0.15) is 0 Å². The van der Waals surface area contributed by atoms with E-state index >= 15 is 0 Å². The summed E-state index contributed by atoms with van der Waals surface area (Å²) in [4.78, 5) is 0. The van der Waals surface area contributed by atoms with Gasteiger partial charge in [0.15, 0.2) is 8.38 Å². The van der Waals surface area contributed by atoms with Crippen LogP contribution in [0.1, 0.15) is 20.8 Å². The largest absolute Gasteiger partial charge is 0.334 e. The summed E-state index contributed by atoms with van der Waals surface area (Å²) >= 11 is 0. The predicted molar refractivity (Wildman–Crippen MR) is 47.7 cm³/mol.